The van der Waals surface area contributed by atoms with Crippen molar-refractivity contribution < 1.29 is 101 Å². The Bertz CT molecular complexity index is 4870. The molecule has 0 radical (unpaired) electrons. The van der Waals surface area contributed by atoms with E-state index in [1.54, 1.807) is 60.7 Å². The molecule has 48 heteroatoms. The first-order chi connectivity index (χ1) is 69.3. The summed E-state index contributed by atoms with van der Waals surface area (Å²) in [7, 11) is 0. The topological polar surface area (TPSA) is 781 Å². The van der Waals surface area contributed by atoms with Crippen molar-refractivity contribution in [2.24, 2.45) is 40.1 Å². The Kier molecular flexibility index (Phi) is 44.2. The van der Waals surface area contributed by atoms with Gasteiger partial charge >= 0.3 is 0 Å². The van der Waals surface area contributed by atoms with Gasteiger partial charge in [-0.25, -0.2) is 0 Å². The van der Waals surface area contributed by atoms with Gasteiger partial charge in [0, 0.05) is 59.0 Å². The Morgan fingerprint density at radius 3 is 0.697 bits per heavy atom. The molecule has 0 heterocycles. The molecule has 0 spiro atoms. The lowest BCUT2D eigenvalue weighted by molar-refractivity contribution is -0.141. The van der Waals surface area contributed by atoms with E-state index in [9.17, 15) is 91.1 Å². The average Bonchev–Trinajstić information content (AvgIpc) is 0.776. The molecule has 145 heavy (non-hydrogen) atoms. The zero-order valence-corrected chi connectivity index (χ0v) is 82.9. The van der Waals surface area contributed by atoms with Crippen LogP contribution in [0.5, 0.6) is 0 Å². The summed E-state index contributed by atoms with van der Waals surface area (Å²) < 4.78 is 0. The molecular formula is C97H151N27O21. The van der Waals surface area contributed by atoms with Crippen LogP contribution in [0.15, 0.2) is 60.7 Å². The second-order valence-corrected chi connectivity index (χ2v) is 39.4. The van der Waals surface area contributed by atoms with E-state index in [0.29, 0.717) is 133 Å². The molecule has 7 aliphatic carbocycles. The van der Waals surface area contributed by atoms with Gasteiger partial charge in [0.1, 0.15) is 87.1 Å². The van der Waals surface area contributed by atoms with Crippen LogP contribution < -0.4 is 146 Å². The number of nitrogens with two attached hydrogens (primary N) is 7. The third-order valence-corrected chi connectivity index (χ3v) is 28.8. The van der Waals surface area contributed by atoms with Crippen LogP contribution in [0.4, 0.5) is 0 Å². The van der Waals surface area contributed by atoms with Crippen LogP contribution in [0.3, 0.4) is 0 Å². The molecule has 48 nitrogen and oxygen atoms in total. The molecule has 9 rings (SSSR count). The van der Waals surface area contributed by atoms with Crippen molar-refractivity contribution in [3.63, 3.8) is 0 Å². The number of hydrogen-bond donors (Lipinski definition) is 27. The summed E-state index contributed by atoms with van der Waals surface area (Å²) in [5, 5.41) is 53.5. The third kappa shape index (κ3) is 32.5. The lowest BCUT2D eigenvalue weighted by atomic mass is 9.79. The molecule has 2 aromatic carbocycles. The fraction of sp³-hybridized carbons (Fsp3) is 0.660. The maximum atomic E-state index is 15.2. The van der Waals surface area contributed by atoms with Crippen molar-refractivity contribution in [2.45, 2.75) is 332 Å². The predicted molar refractivity (Wildman–Crippen MR) is 528 cm³/mol. The Hall–Kier alpha value is -12.9. The second-order valence-electron chi connectivity index (χ2n) is 39.4. The first-order valence-electron chi connectivity index (χ1n) is 50.9. The summed E-state index contributed by atoms with van der Waals surface area (Å²) in [5.74, 6) is -16.4. The van der Waals surface area contributed by atoms with Crippen LogP contribution in [0.25, 0.3) is 0 Å². The van der Waals surface area contributed by atoms with Gasteiger partial charge in [0.15, 0.2) is 0 Å². The molecule has 0 bridgehead atoms. The van der Waals surface area contributed by atoms with E-state index < -0.39 is 277 Å². The van der Waals surface area contributed by atoms with Gasteiger partial charge in [-0.2, -0.15) is 0 Å². The number of nitrogens with one attached hydrogen (secondary N) is 20. The molecule has 21 amide bonds. The van der Waals surface area contributed by atoms with Crippen LogP contribution in [0.2, 0.25) is 0 Å². The lowest BCUT2D eigenvalue weighted by Crippen LogP contribution is -2.68. The molecule has 0 aliphatic heterocycles. The zero-order chi connectivity index (χ0) is 106. The standard InChI is InChI=1S/C97H151N27O21/c1-60(125)105-55-71(126)110-63(47-61-29-11-2-12-30-61)80(135)121-92(35-17-5-18-36-92)85(140)108-59-75(130)120-96(43-25-9-26-44-96)89(144)117-70(54-103)83(138)123-94(39-21-7-22-40-94)87(142)109-58-74(129)119-95(41-23-8-24-42-95)88(143)115-64(48-62-31-13-3-14-32-62)81(136)122-93(37-19-6-20-38-93)86(141)107-57-73(128)118-91(33-15-4-16-34-91)84(139)106-56-72(127)111-69(53-102)82(137)124-97(45-27-10-28-46-97)90(145)116-68(52-101)79(134)114-67(51-100)78(133)113-66(50-99)77(132)112-65(49-98)76(104)131/h2-3,11-14,29-32,63-70H,4-10,15-28,33-59,98-103H2,1H3,(H2,104,131)(H,105,125)(H,106,139)(H,107,141)(H,108,140)(H,109,142)(H,110,126)(H,111,127)(H,112,132)(H,113,133)(H,114,134)(H,115,143)(H,116,145)(H,117,144)(H,118,128)(H,119,129)(H,120,130)(H,121,135)(H,122,136)(H,123,138)(H,124,137)/t63-,64-,65?,66?,67?,68?,69?,70?/m0/s1. The quantitative estimate of drug-likeness (QED) is 0.0293. The summed E-state index contributed by atoms with van der Waals surface area (Å²) in [6, 6.07) is 6.44. The number of rotatable bonds is 50. The predicted octanol–water partition coefficient (Wildman–Crippen LogP) is -7.08. The molecule has 8 atom stereocenters. The van der Waals surface area contributed by atoms with E-state index >= 15 is 9.59 Å². The number of hydrogen-bond acceptors (Lipinski definition) is 27. The summed E-state index contributed by atoms with van der Waals surface area (Å²) >= 11 is 0. The van der Waals surface area contributed by atoms with Crippen LogP contribution in [-0.4, -0.2) is 283 Å². The van der Waals surface area contributed by atoms with E-state index in [-0.39, 0.29) is 109 Å². The molecule has 7 aliphatic rings. The van der Waals surface area contributed by atoms with Gasteiger partial charge < -0.3 is 146 Å². The molecule has 6 unspecified atom stereocenters. The van der Waals surface area contributed by atoms with Crippen LogP contribution >= 0.6 is 0 Å². The van der Waals surface area contributed by atoms with E-state index in [4.69, 9.17) is 40.1 Å². The molecule has 2 aromatic rings. The van der Waals surface area contributed by atoms with Gasteiger partial charge in [-0.05, 0) is 101 Å². The van der Waals surface area contributed by atoms with Crippen LogP contribution in [0.1, 0.15) is 243 Å². The minimum atomic E-state index is -1.68. The van der Waals surface area contributed by atoms with Gasteiger partial charge in [0.25, 0.3) is 0 Å². The van der Waals surface area contributed by atoms with Crippen molar-refractivity contribution in [3.8, 4) is 0 Å². The average molecular weight is 2030 g/mol. The number of carbonyl (C=O) groups is 21. The van der Waals surface area contributed by atoms with E-state index in [1.807, 2.05) is 0 Å². The van der Waals surface area contributed by atoms with Crippen LogP contribution in [0, 0.1) is 0 Å². The normalized spacial score (nSPS) is 19.4. The fourth-order valence-electron chi connectivity index (χ4n) is 20.4. The smallest absolute Gasteiger partial charge is 0.246 e. The molecule has 0 aromatic heterocycles. The van der Waals surface area contributed by atoms with E-state index in [2.05, 4.69) is 106 Å². The van der Waals surface area contributed by atoms with Gasteiger partial charge in [0.2, 0.25) is 124 Å². The van der Waals surface area contributed by atoms with Gasteiger partial charge in [-0.1, -0.05) is 196 Å². The van der Waals surface area contributed by atoms with Gasteiger partial charge in [0.05, 0.1) is 32.7 Å². The Morgan fingerprint density at radius 1 is 0.228 bits per heavy atom. The van der Waals surface area contributed by atoms with Crippen molar-refractivity contribution in [1.82, 2.24) is 106 Å². The Morgan fingerprint density at radius 2 is 0.428 bits per heavy atom. The first-order valence-corrected chi connectivity index (χ1v) is 50.9. The van der Waals surface area contributed by atoms with Crippen LogP contribution in [-0.2, 0) is 114 Å². The molecule has 0 saturated heterocycles. The van der Waals surface area contributed by atoms with Crippen molar-refractivity contribution in [2.75, 3.05) is 72.0 Å². The monoisotopic (exact) mass is 2030 g/mol. The SMILES string of the molecule is CC(=O)NCC(=O)N[C@@H](Cc1ccccc1)C(=O)NC1(C(=O)NCC(=O)NC2(C(=O)NC(CN)C(=O)NC3(C(=O)NCC(=O)NC4(C(=O)N[C@@H](Cc5ccccc5)C(=O)NC5(C(=O)NCC(=O)NC6(C(=O)NCC(=O)NC(CN)C(=O)NC7(C(=O)NC(CN)C(=O)NC(CN)C(=O)NC(CN)C(=O)NC(CN)C(N)=O)CCCCC7)CCCCC6)CCCCC5)CCCCC4)CCCCC3)CCCCC2)CCCCC1. The number of amides is 21. The van der Waals surface area contributed by atoms with Gasteiger partial charge in [-0.15, -0.1) is 0 Å². The third-order valence-electron chi connectivity index (χ3n) is 28.8. The number of primary amides is 1. The number of carbonyl (C=O) groups excluding carboxylic acids is 21. The summed E-state index contributed by atoms with van der Waals surface area (Å²) in [4.78, 5) is 294. The van der Waals surface area contributed by atoms with Crippen molar-refractivity contribution in [1.29, 1.82) is 0 Å². The summed E-state index contributed by atoms with van der Waals surface area (Å²) in [6.45, 7) is -4.63. The molecule has 7 saturated carbocycles. The van der Waals surface area contributed by atoms with Crippen molar-refractivity contribution in [3.05, 3.63) is 71.8 Å². The van der Waals surface area contributed by atoms with Gasteiger partial charge in [-0.3, -0.25) is 101 Å². The highest BCUT2D eigenvalue weighted by Gasteiger charge is 2.52. The highest BCUT2D eigenvalue weighted by molar-refractivity contribution is 6.04. The highest BCUT2D eigenvalue weighted by Crippen LogP contribution is 2.36. The fourth-order valence-corrected chi connectivity index (χ4v) is 20.4. The molecule has 800 valence electrons. The largest absolute Gasteiger partial charge is 0.368 e. The summed E-state index contributed by atoms with van der Waals surface area (Å²) in [5.41, 5.74) is 30.8. The Balaban J connectivity index is 0.784. The van der Waals surface area contributed by atoms with E-state index in [0.717, 1.165) is 12.8 Å². The highest BCUT2D eigenvalue weighted by atomic mass is 16.2. The van der Waals surface area contributed by atoms with Crippen molar-refractivity contribution >= 4 is 124 Å². The van der Waals surface area contributed by atoms with E-state index in [1.165, 1.54) is 6.92 Å². The minimum absolute atomic E-state index is 0.0529. The zero-order valence-electron chi connectivity index (χ0n) is 82.9. The molecule has 34 N–H and O–H groups in total. The first kappa shape index (κ1) is 116. The lowest BCUT2D eigenvalue weighted by Gasteiger charge is -2.40. The maximum Gasteiger partial charge on any atom is 0.246 e. The number of benzene rings is 2. The summed E-state index contributed by atoms with van der Waals surface area (Å²) in [6.07, 6.45) is 13.4. The molecule has 7 fully saturated rings. The minimum Gasteiger partial charge on any atom is -0.368 e. The maximum absolute atomic E-state index is 15.2. The second kappa shape index (κ2) is 55.4. The molecular weight excluding hydrogens is 1880 g/mol. The Labute approximate surface area is 842 Å².